The van der Waals surface area contributed by atoms with E-state index in [2.05, 4.69) is 43.1 Å². The van der Waals surface area contributed by atoms with Crippen molar-refractivity contribution >= 4 is 5.84 Å². The predicted octanol–water partition coefficient (Wildman–Crippen LogP) is 2.69. The van der Waals surface area contributed by atoms with Gasteiger partial charge >= 0.3 is 0 Å². The molecule has 15 heavy (non-hydrogen) atoms. The molecule has 2 heteroatoms. The molecule has 0 spiro atoms. The third kappa shape index (κ3) is 1.76. The summed E-state index contributed by atoms with van der Waals surface area (Å²) in [6, 6.07) is 8.75. The van der Waals surface area contributed by atoms with Crippen LogP contribution in [0.2, 0.25) is 0 Å². The van der Waals surface area contributed by atoms with Crippen molar-refractivity contribution < 1.29 is 0 Å². The molecule has 0 aliphatic heterocycles. The highest BCUT2D eigenvalue weighted by molar-refractivity contribution is 5.77. The molecule has 1 aliphatic rings. The number of aliphatic imine (C=N–C) groups is 1. The number of hydrogen-bond acceptors (Lipinski definition) is 1. The fourth-order valence-electron chi connectivity index (χ4n) is 2.42. The highest BCUT2D eigenvalue weighted by Gasteiger charge is 2.38. The molecule has 2 N–H and O–H groups in total. The van der Waals surface area contributed by atoms with Crippen LogP contribution in [0, 0.1) is 5.41 Å². The van der Waals surface area contributed by atoms with Crippen LogP contribution in [0.1, 0.15) is 37.9 Å². The first-order valence-corrected chi connectivity index (χ1v) is 5.38. The van der Waals surface area contributed by atoms with E-state index in [0.717, 1.165) is 6.42 Å². The first-order chi connectivity index (χ1) is 7.00. The SMILES string of the molecule is C/C(N)=N\C1c2ccccc2CC1(C)C. The Labute approximate surface area is 91.2 Å². The summed E-state index contributed by atoms with van der Waals surface area (Å²) in [5.41, 5.74) is 8.64. The van der Waals surface area contributed by atoms with Crippen molar-refractivity contribution in [3.8, 4) is 0 Å². The second-order valence-corrected chi connectivity index (χ2v) is 5.04. The van der Waals surface area contributed by atoms with Crippen LogP contribution < -0.4 is 5.73 Å². The third-order valence-electron chi connectivity index (χ3n) is 3.07. The predicted molar refractivity (Wildman–Crippen MR) is 64.0 cm³/mol. The van der Waals surface area contributed by atoms with E-state index < -0.39 is 0 Å². The van der Waals surface area contributed by atoms with Crippen molar-refractivity contribution in [3.63, 3.8) is 0 Å². The molecule has 80 valence electrons. The Hall–Kier alpha value is -1.31. The quantitative estimate of drug-likeness (QED) is 0.552. The fraction of sp³-hybridized carbons (Fsp3) is 0.462. The van der Waals surface area contributed by atoms with Gasteiger partial charge in [-0.25, -0.2) is 0 Å². The summed E-state index contributed by atoms with van der Waals surface area (Å²) >= 11 is 0. The van der Waals surface area contributed by atoms with Gasteiger partial charge in [-0.15, -0.1) is 0 Å². The zero-order valence-corrected chi connectivity index (χ0v) is 9.62. The van der Waals surface area contributed by atoms with Crippen molar-refractivity contribution in [2.24, 2.45) is 16.1 Å². The maximum atomic E-state index is 5.70. The molecule has 0 radical (unpaired) electrons. The Kier molecular flexibility index (Phi) is 2.29. The number of amidine groups is 1. The lowest BCUT2D eigenvalue weighted by atomic mass is 9.86. The molecule has 2 nitrogen and oxygen atoms in total. The molecule has 1 aromatic rings. The summed E-state index contributed by atoms with van der Waals surface area (Å²) in [4.78, 5) is 4.56. The van der Waals surface area contributed by atoms with Crippen LogP contribution in [-0.2, 0) is 6.42 Å². The second kappa shape index (κ2) is 3.37. The number of nitrogens with two attached hydrogens (primary N) is 1. The Morgan fingerprint density at radius 3 is 2.73 bits per heavy atom. The van der Waals surface area contributed by atoms with Crippen LogP contribution in [0.4, 0.5) is 0 Å². The summed E-state index contributed by atoms with van der Waals surface area (Å²) in [6.45, 7) is 6.37. The van der Waals surface area contributed by atoms with Crippen LogP contribution in [0.5, 0.6) is 0 Å². The van der Waals surface area contributed by atoms with Gasteiger partial charge in [-0.05, 0) is 29.9 Å². The van der Waals surface area contributed by atoms with Crippen LogP contribution in [0.15, 0.2) is 29.3 Å². The Morgan fingerprint density at radius 2 is 2.07 bits per heavy atom. The fourth-order valence-corrected chi connectivity index (χ4v) is 2.42. The lowest BCUT2D eigenvalue weighted by Gasteiger charge is -2.24. The zero-order chi connectivity index (χ0) is 11.1. The smallest absolute Gasteiger partial charge is 0.0913 e. The molecule has 1 atom stereocenters. The monoisotopic (exact) mass is 202 g/mol. The molecule has 0 heterocycles. The molecular weight excluding hydrogens is 184 g/mol. The lowest BCUT2D eigenvalue weighted by Crippen LogP contribution is -2.19. The van der Waals surface area contributed by atoms with E-state index in [0.29, 0.717) is 5.84 Å². The Bertz CT molecular complexity index is 401. The minimum Gasteiger partial charge on any atom is -0.388 e. The van der Waals surface area contributed by atoms with Crippen LogP contribution in [0.25, 0.3) is 0 Å². The lowest BCUT2D eigenvalue weighted by molar-refractivity contribution is 0.320. The van der Waals surface area contributed by atoms with E-state index in [1.807, 2.05) is 6.92 Å². The van der Waals surface area contributed by atoms with Gasteiger partial charge in [-0.1, -0.05) is 38.1 Å². The molecule has 2 rings (SSSR count). The van der Waals surface area contributed by atoms with Gasteiger partial charge in [-0.3, -0.25) is 4.99 Å². The van der Waals surface area contributed by atoms with Crippen LogP contribution >= 0.6 is 0 Å². The molecule has 1 aliphatic carbocycles. The van der Waals surface area contributed by atoms with Gasteiger partial charge in [0.2, 0.25) is 0 Å². The topological polar surface area (TPSA) is 38.4 Å². The molecule has 0 bridgehead atoms. The van der Waals surface area contributed by atoms with E-state index in [9.17, 15) is 0 Å². The normalized spacial score (nSPS) is 23.9. The van der Waals surface area contributed by atoms with Crippen molar-refractivity contribution in [3.05, 3.63) is 35.4 Å². The number of rotatable bonds is 1. The largest absolute Gasteiger partial charge is 0.388 e. The average molecular weight is 202 g/mol. The second-order valence-electron chi connectivity index (χ2n) is 5.04. The number of benzene rings is 1. The van der Waals surface area contributed by atoms with Crippen LogP contribution in [0.3, 0.4) is 0 Å². The van der Waals surface area contributed by atoms with E-state index in [1.165, 1.54) is 11.1 Å². The number of nitrogens with zero attached hydrogens (tertiary/aromatic N) is 1. The summed E-state index contributed by atoms with van der Waals surface area (Å²) in [5.74, 6) is 0.671. The van der Waals surface area contributed by atoms with Crippen molar-refractivity contribution in [2.45, 2.75) is 33.2 Å². The minimum atomic E-state index is 0.185. The van der Waals surface area contributed by atoms with Crippen LogP contribution in [-0.4, -0.2) is 5.84 Å². The summed E-state index contributed by atoms with van der Waals surface area (Å²) in [7, 11) is 0. The van der Waals surface area contributed by atoms with E-state index >= 15 is 0 Å². The van der Waals surface area contributed by atoms with E-state index in [1.54, 1.807) is 0 Å². The average Bonchev–Trinajstić information content (AvgIpc) is 2.37. The Balaban J connectivity index is 2.48. The molecule has 1 aromatic carbocycles. The van der Waals surface area contributed by atoms with Gasteiger partial charge in [0.05, 0.1) is 11.9 Å². The molecule has 0 aromatic heterocycles. The Morgan fingerprint density at radius 1 is 1.40 bits per heavy atom. The molecule has 0 saturated carbocycles. The highest BCUT2D eigenvalue weighted by atomic mass is 14.9. The van der Waals surface area contributed by atoms with Gasteiger partial charge in [0.25, 0.3) is 0 Å². The van der Waals surface area contributed by atoms with Gasteiger partial charge in [0.15, 0.2) is 0 Å². The summed E-state index contributed by atoms with van der Waals surface area (Å²) in [5, 5.41) is 0. The van der Waals surface area contributed by atoms with Gasteiger partial charge in [0.1, 0.15) is 0 Å². The highest BCUT2D eigenvalue weighted by Crippen LogP contribution is 2.47. The summed E-state index contributed by atoms with van der Waals surface area (Å²) < 4.78 is 0. The van der Waals surface area contributed by atoms with Crippen molar-refractivity contribution in [1.29, 1.82) is 0 Å². The van der Waals surface area contributed by atoms with E-state index in [4.69, 9.17) is 5.73 Å². The zero-order valence-electron chi connectivity index (χ0n) is 9.62. The minimum absolute atomic E-state index is 0.185. The number of hydrogen-bond donors (Lipinski definition) is 1. The van der Waals surface area contributed by atoms with Crippen molar-refractivity contribution in [2.75, 3.05) is 0 Å². The maximum Gasteiger partial charge on any atom is 0.0913 e. The summed E-state index contributed by atoms with van der Waals surface area (Å²) in [6.07, 6.45) is 1.09. The van der Waals surface area contributed by atoms with Gasteiger partial charge in [-0.2, -0.15) is 0 Å². The molecular formula is C13H18N2. The van der Waals surface area contributed by atoms with Gasteiger partial charge in [0, 0.05) is 0 Å². The van der Waals surface area contributed by atoms with Crippen molar-refractivity contribution in [1.82, 2.24) is 0 Å². The maximum absolute atomic E-state index is 5.70. The van der Waals surface area contributed by atoms with Gasteiger partial charge < -0.3 is 5.73 Å². The molecule has 0 fully saturated rings. The molecule has 0 amide bonds. The third-order valence-corrected chi connectivity index (χ3v) is 3.07. The first-order valence-electron chi connectivity index (χ1n) is 5.38. The standard InChI is InChI=1S/C13H18N2/c1-9(14)15-12-11-7-5-4-6-10(11)8-13(12,2)3/h4-7,12H,8H2,1-3H3,(H2,14,15). The molecule has 0 saturated heterocycles. The number of fused-ring (bicyclic) bond motifs is 1. The van der Waals surface area contributed by atoms with E-state index in [-0.39, 0.29) is 11.5 Å². The molecule has 1 unspecified atom stereocenters. The first kappa shape index (κ1) is 10.2.